The van der Waals surface area contributed by atoms with Gasteiger partial charge in [-0.05, 0) is 19.9 Å². The lowest BCUT2D eigenvalue weighted by Gasteiger charge is -2.08. The van der Waals surface area contributed by atoms with Gasteiger partial charge in [0.2, 0.25) is 0 Å². The minimum absolute atomic E-state index is 0.639. The molecule has 0 aromatic carbocycles. The molecule has 0 amide bonds. The van der Waals surface area contributed by atoms with Gasteiger partial charge >= 0.3 is 0 Å². The van der Waals surface area contributed by atoms with Crippen molar-refractivity contribution in [1.82, 2.24) is 4.98 Å². The normalized spacial score (nSPS) is 11.7. The third kappa shape index (κ3) is 2.86. The van der Waals surface area contributed by atoms with E-state index < -0.39 is 0 Å². The molecule has 0 spiro atoms. The molecule has 0 radical (unpaired) electrons. The van der Waals surface area contributed by atoms with Gasteiger partial charge in [-0.25, -0.2) is 0 Å². The molecule has 0 N–H and O–H groups in total. The smallest absolute Gasteiger partial charge is 0.122 e. The second-order valence-corrected chi connectivity index (χ2v) is 3.19. The van der Waals surface area contributed by atoms with E-state index in [9.17, 15) is 0 Å². The highest BCUT2D eigenvalue weighted by Gasteiger charge is 2.05. The van der Waals surface area contributed by atoms with E-state index in [0.29, 0.717) is 6.61 Å². The van der Waals surface area contributed by atoms with Gasteiger partial charge in [0, 0.05) is 17.8 Å². The molecule has 3 heteroatoms. The lowest BCUT2D eigenvalue weighted by molar-refractivity contribution is 0.296. The van der Waals surface area contributed by atoms with Gasteiger partial charge in [-0.2, -0.15) is 0 Å². The summed E-state index contributed by atoms with van der Waals surface area (Å²) in [6.45, 7) is 8.23. The molecule has 1 aromatic rings. The average Bonchev–Trinajstić information content (AvgIpc) is 2.31. The van der Waals surface area contributed by atoms with Crippen molar-refractivity contribution in [3.8, 4) is 5.75 Å². The first-order chi connectivity index (χ1) is 7.72. The van der Waals surface area contributed by atoms with Crippen molar-refractivity contribution < 1.29 is 9.47 Å². The average molecular weight is 219 g/mol. The molecule has 0 aliphatic rings. The maximum absolute atomic E-state index is 5.42. The highest BCUT2D eigenvalue weighted by atomic mass is 16.5. The second kappa shape index (κ2) is 5.95. The lowest BCUT2D eigenvalue weighted by Crippen LogP contribution is -1.96. The van der Waals surface area contributed by atoms with E-state index in [4.69, 9.17) is 9.47 Å². The maximum atomic E-state index is 5.42. The van der Waals surface area contributed by atoms with E-state index in [1.807, 2.05) is 26.0 Å². The fraction of sp³-hybridized carbons (Fsp3) is 0.308. The molecular formula is C13H17NO2. The fourth-order valence-electron chi connectivity index (χ4n) is 1.35. The van der Waals surface area contributed by atoms with Crippen molar-refractivity contribution in [3.05, 3.63) is 42.4 Å². The molecule has 86 valence electrons. The Balaban J connectivity index is 3.11. The molecule has 1 rings (SSSR count). The number of nitrogens with zero attached hydrogens (tertiary/aromatic N) is 1. The third-order valence-electron chi connectivity index (χ3n) is 2.21. The molecule has 0 fully saturated rings. The largest absolute Gasteiger partial charge is 0.501 e. The van der Waals surface area contributed by atoms with E-state index in [2.05, 4.69) is 11.6 Å². The maximum Gasteiger partial charge on any atom is 0.122 e. The summed E-state index contributed by atoms with van der Waals surface area (Å²) in [4.78, 5) is 4.27. The fourth-order valence-corrected chi connectivity index (χ4v) is 1.35. The van der Waals surface area contributed by atoms with Crippen LogP contribution in [0.3, 0.4) is 0 Å². The molecule has 3 nitrogen and oxygen atoms in total. The van der Waals surface area contributed by atoms with E-state index >= 15 is 0 Å². The molecule has 0 saturated carbocycles. The molecule has 0 bridgehead atoms. The van der Waals surface area contributed by atoms with Crippen LogP contribution in [0.15, 0.2) is 36.7 Å². The van der Waals surface area contributed by atoms with Crippen LogP contribution >= 0.6 is 0 Å². The number of ether oxygens (including phenoxy) is 2. The Kier molecular flexibility index (Phi) is 4.58. The summed E-state index contributed by atoms with van der Waals surface area (Å²) >= 11 is 0. The molecule has 1 aromatic heterocycles. The first-order valence-corrected chi connectivity index (χ1v) is 5.19. The molecule has 0 aliphatic heterocycles. The number of allylic oxidation sites excluding steroid dienone is 3. The Morgan fingerprint density at radius 1 is 1.56 bits per heavy atom. The molecule has 16 heavy (non-hydrogen) atoms. The van der Waals surface area contributed by atoms with Crippen molar-refractivity contribution in [3.63, 3.8) is 0 Å². The zero-order chi connectivity index (χ0) is 12.0. The van der Waals surface area contributed by atoms with Crippen LogP contribution in [0.4, 0.5) is 0 Å². The van der Waals surface area contributed by atoms with Gasteiger partial charge in [0.05, 0.1) is 19.4 Å². The molecule has 0 aliphatic carbocycles. The Hall–Kier alpha value is -1.77. The number of methoxy groups -OCH3 is 1. The van der Waals surface area contributed by atoms with Gasteiger partial charge < -0.3 is 9.47 Å². The summed E-state index contributed by atoms with van der Waals surface area (Å²) in [6.07, 6.45) is 3.45. The predicted molar refractivity (Wildman–Crippen MR) is 65.2 cm³/mol. The monoisotopic (exact) mass is 219 g/mol. The zero-order valence-electron chi connectivity index (χ0n) is 9.99. The van der Waals surface area contributed by atoms with Crippen LogP contribution in [0.2, 0.25) is 0 Å². The third-order valence-corrected chi connectivity index (χ3v) is 2.21. The lowest BCUT2D eigenvalue weighted by atomic mass is 10.1. The van der Waals surface area contributed by atoms with Gasteiger partial charge in [0.15, 0.2) is 0 Å². The van der Waals surface area contributed by atoms with E-state index in [-0.39, 0.29) is 0 Å². The molecule has 0 atom stereocenters. The van der Waals surface area contributed by atoms with Crippen molar-refractivity contribution in [2.75, 3.05) is 13.7 Å². The Labute approximate surface area is 96.4 Å². The van der Waals surface area contributed by atoms with Crippen LogP contribution in [0.5, 0.6) is 5.75 Å². The Morgan fingerprint density at radius 3 is 2.88 bits per heavy atom. The van der Waals surface area contributed by atoms with Crippen LogP contribution in [0.25, 0.3) is 5.57 Å². The summed E-state index contributed by atoms with van der Waals surface area (Å²) in [5, 5.41) is 0. The standard InChI is InChI=1S/C13H17NO2/c1-5-12(10(3)15-4)13-9-11(16-6-2)7-8-14-13/h5,7-9H,1,6H2,2-4H3/b12-10-. The second-order valence-electron chi connectivity index (χ2n) is 3.19. The summed E-state index contributed by atoms with van der Waals surface area (Å²) < 4.78 is 10.6. The Morgan fingerprint density at radius 2 is 2.31 bits per heavy atom. The first kappa shape index (κ1) is 12.3. The highest BCUT2D eigenvalue weighted by molar-refractivity contribution is 5.73. The van der Waals surface area contributed by atoms with Crippen molar-refractivity contribution in [2.45, 2.75) is 13.8 Å². The zero-order valence-corrected chi connectivity index (χ0v) is 9.99. The van der Waals surface area contributed by atoms with Crippen LogP contribution < -0.4 is 4.74 Å². The van der Waals surface area contributed by atoms with Gasteiger partial charge in [-0.15, -0.1) is 0 Å². The van der Waals surface area contributed by atoms with Crippen LogP contribution in [-0.2, 0) is 4.74 Å². The minimum atomic E-state index is 0.639. The SMILES string of the molecule is C=C/C(=C(\C)OC)c1cc(OCC)ccn1. The topological polar surface area (TPSA) is 31.4 Å². The minimum Gasteiger partial charge on any atom is -0.501 e. The van der Waals surface area contributed by atoms with Gasteiger partial charge in [-0.3, -0.25) is 4.98 Å². The first-order valence-electron chi connectivity index (χ1n) is 5.19. The van der Waals surface area contributed by atoms with Crippen molar-refractivity contribution in [1.29, 1.82) is 0 Å². The highest BCUT2D eigenvalue weighted by Crippen LogP contribution is 2.21. The van der Waals surface area contributed by atoms with E-state index in [1.54, 1.807) is 19.4 Å². The van der Waals surface area contributed by atoms with Crippen molar-refractivity contribution >= 4 is 5.57 Å². The molecular weight excluding hydrogens is 202 g/mol. The summed E-state index contributed by atoms with van der Waals surface area (Å²) in [6, 6.07) is 3.71. The van der Waals surface area contributed by atoms with Crippen LogP contribution in [0.1, 0.15) is 19.5 Å². The van der Waals surface area contributed by atoms with Crippen LogP contribution in [0, 0.1) is 0 Å². The number of aromatic nitrogens is 1. The van der Waals surface area contributed by atoms with Crippen molar-refractivity contribution in [2.24, 2.45) is 0 Å². The van der Waals surface area contributed by atoms with E-state index in [1.165, 1.54) is 0 Å². The van der Waals surface area contributed by atoms with Gasteiger partial charge in [0.1, 0.15) is 11.5 Å². The summed E-state index contributed by atoms with van der Waals surface area (Å²) in [5.41, 5.74) is 1.68. The summed E-state index contributed by atoms with van der Waals surface area (Å²) in [5.74, 6) is 1.59. The quantitative estimate of drug-likeness (QED) is 0.563. The van der Waals surface area contributed by atoms with E-state index in [0.717, 1.165) is 22.8 Å². The predicted octanol–water partition coefficient (Wildman–Crippen LogP) is 3.04. The van der Waals surface area contributed by atoms with Crippen LogP contribution in [-0.4, -0.2) is 18.7 Å². The number of hydrogen-bond donors (Lipinski definition) is 0. The van der Waals surface area contributed by atoms with Gasteiger partial charge in [-0.1, -0.05) is 12.7 Å². The molecule has 1 heterocycles. The molecule has 0 saturated heterocycles. The Bertz CT molecular complexity index is 397. The number of hydrogen-bond acceptors (Lipinski definition) is 3. The van der Waals surface area contributed by atoms with Gasteiger partial charge in [0.25, 0.3) is 0 Å². The molecule has 0 unspecified atom stereocenters. The number of rotatable bonds is 5. The summed E-state index contributed by atoms with van der Waals surface area (Å²) in [7, 11) is 1.63. The number of pyridine rings is 1.